The Bertz CT molecular complexity index is 5830. The molecule has 4 aromatic carbocycles. The number of hydrogen-bond donors (Lipinski definition) is 19. The van der Waals surface area contributed by atoms with Crippen LogP contribution in [0.15, 0.2) is 120 Å². The number of imidazole rings is 2. The van der Waals surface area contributed by atoms with E-state index < -0.39 is 196 Å². The Balaban J connectivity index is 0.639. The first-order chi connectivity index (χ1) is 71.3. The molecule has 7 heterocycles. The Morgan fingerprint density at radius 3 is 1.35 bits per heavy atom. The molecule has 4 unspecified atom stereocenters. The zero-order chi connectivity index (χ0) is 106. The molecule has 53 nitrogen and oxygen atoms in total. The van der Waals surface area contributed by atoms with E-state index in [1.54, 1.807) is 130 Å². The Labute approximate surface area is 872 Å². The normalized spacial score (nSPS) is 16.5. The molecule has 3 aliphatic rings. The summed E-state index contributed by atoms with van der Waals surface area (Å²) in [5, 5.41) is 86.0. The number of carbonyl (C=O) groups is 13. The molecule has 3 aliphatic heterocycles. The molecule has 148 heavy (non-hydrogen) atoms. The number of nitrogens with zero attached hydrogens (tertiary/aromatic N) is 10. The van der Waals surface area contributed by atoms with Crippen LogP contribution in [0.5, 0.6) is 11.5 Å². The zero-order valence-electron chi connectivity index (χ0n) is 81.6. The van der Waals surface area contributed by atoms with Crippen LogP contribution in [0.2, 0.25) is 0 Å². The van der Waals surface area contributed by atoms with Gasteiger partial charge in [0.1, 0.15) is 57.6 Å². The van der Waals surface area contributed by atoms with Gasteiger partial charge in [-0.15, -0.1) is 8.67 Å². The van der Waals surface area contributed by atoms with E-state index >= 15 is 0 Å². The van der Waals surface area contributed by atoms with Crippen molar-refractivity contribution in [3.05, 3.63) is 144 Å². The van der Waals surface area contributed by atoms with Gasteiger partial charge in [0.05, 0.1) is 57.9 Å². The Morgan fingerprint density at radius 2 is 0.919 bits per heavy atom. The third-order valence-electron chi connectivity index (χ3n) is 23.2. The third-order valence-corrected chi connectivity index (χ3v) is 31.6. The van der Waals surface area contributed by atoms with Gasteiger partial charge in [-0.1, -0.05) is 10.1 Å². The van der Waals surface area contributed by atoms with E-state index in [1.165, 1.54) is 0 Å². The van der Waals surface area contributed by atoms with Crippen molar-refractivity contribution in [1.29, 1.82) is 0 Å². The van der Waals surface area contributed by atoms with Crippen molar-refractivity contribution in [2.24, 2.45) is 0 Å². The minimum atomic E-state index is -4.25. The van der Waals surface area contributed by atoms with Crippen molar-refractivity contribution in [2.75, 3.05) is 166 Å². The molecular weight excluding hydrogens is 2120 g/mol. The predicted octanol–water partition coefficient (Wildman–Crippen LogP) is -0.232. The summed E-state index contributed by atoms with van der Waals surface area (Å²) in [5.41, 5.74) is 4.08. The van der Waals surface area contributed by atoms with E-state index in [-0.39, 0.29) is 132 Å². The fourth-order valence-electron chi connectivity index (χ4n) is 15.8. The number of anilines is 2. The van der Waals surface area contributed by atoms with Crippen LogP contribution in [0.1, 0.15) is 94.3 Å². The van der Waals surface area contributed by atoms with E-state index in [0.717, 1.165) is 23.9 Å². The fraction of sp³-hybridized carbons (Fsp3) is 0.478. The van der Waals surface area contributed by atoms with Crippen molar-refractivity contribution < 1.29 is 128 Å². The number of aliphatic carboxylic acids is 2. The number of amides is 9. The van der Waals surface area contributed by atoms with Gasteiger partial charge in [-0.2, -0.15) is 10.2 Å². The summed E-state index contributed by atoms with van der Waals surface area (Å²) < 4.78 is 74.6. The molecule has 58 heteroatoms. The number of benzene rings is 4. The Morgan fingerprint density at radius 1 is 0.493 bits per heavy atom. The Hall–Kier alpha value is -12.5. The van der Waals surface area contributed by atoms with Crippen molar-refractivity contribution in [3.8, 4) is 11.5 Å². The third kappa shape index (κ3) is 37.9. The summed E-state index contributed by atoms with van der Waals surface area (Å²) in [7, 11) is -4.16. The molecule has 0 saturated carbocycles. The molecule has 8 aromatic rings. The predicted molar refractivity (Wildman–Crippen MR) is 536 cm³/mol. The summed E-state index contributed by atoms with van der Waals surface area (Å²) in [6.07, 6.45) is 10.7. The average Bonchev–Trinajstić information content (AvgIpc) is 1.76. The number of ether oxygens (including phenoxy) is 2. The maximum atomic E-state index is 14.7. The molecule has 4 bridgehead atoms. The number of carbonyl (C=O) groups excluding carboxylic acids is 11. The van der Waals surface area contributed by atoms with Crippen LogP contribution >= 0.6 is 24.1 Å². The number of aromatic nitrogens is 8. The molecule has 0 aliphatic carbocycles. The summed E-state index contributed by atoms with van der Waals surface area (Å²) >= 11 is -3.46. The van der Waals surface area contributed by atoms with Gasteiger partial charge in [0.25, 0.3) is 11.8 Å². The molecule has 802 valence electrons. The number of nitrogens with one attached hydrogen (secondary N) is 15. The van der Waals surface area contributed by atoms with E-state index in [2.05, 4.69) is 128 Å². The molecule has 0 spiro atoms. The number of aryl methyl sites for hydroxylation is 6. The average molecular weight is 2250 g/mol. The van der Waals surface area contributed by atoms with Gasteiger partial charge in [-0.25, -0.2) is 38.3 Å². The molecule has 19 N–H and O–H groups in total. The second-order valence-electron chi connectivity index (χ2n) is 34.4. The van der Waals surface area contributed by atoms with Crippen molar-refractivity contribution in [2.45, 2.75) is 132 Å². The molecule has 9 amide bonds. The monoisotopic (exact) mass is 2240 g/mol. The van der Waals surface area contributed by atoms with Gasteiger partial charge in [0, 0.05) is 155 Å². The van der Waals surface area contributed by atoms with Crippen LogP contribution in [-0.4, -0.2) is 374 Å². The van der Waals surface area contributed by atoms with E-state index in [1.807, 2.05) is 19.2 Å². The molecule has 3 fully saturated rings. The van der Waals surface area contributed by atoms with E-state index in [0.29, 0.717) is 139 Å². The number of aromatic amines is 2. The van der Waals surface area contributed by atoms with Crippen LogP contribution in [0.25, 0.3) is 21.8 Å². The van der Waals surface area contributed by atoms with Crippen LogP contribution in [0, 0.1) is 27.7 Å². The zero-order valence-corrected chi connectivity index (χ0v) is 88.2. The fourth-order valence-corrected chi connectivity index (χ4v) is 22.4. The number of hydrogen-bond acceptors (Lipinski definition) is 38. The van der Waals surface area contributed by atoms with Crippen LogP contribution in [-0.2, 0) is 115 Å². The summed E-state index contributed by atoms with van der Waals surface area (Å²) in [5.74, 6) is -8.97. The van der Waals surface area contributed by atoms with Crippen LogP contribution in [0.3, 0.4) is 0 Å². The van der Waals surface area contributed by atoms with Gasteiger partial charge in [0.2, 0.25) is 29.5 Å². The van der Waals surface area contributed by atoms with Crippen molar-refractivity contribution >= 4 is 180 Å². The van der Waals surface area contributed by atoms with E-state index in [4.69, 9.17) is 28.6 Å². The SMILES string of the molecule is C=C1CN2CCN3CCN(CC(=O)N[C@@H](CCC(=O)N[C@@H](CSOOO)C(=O)NCCNC(=O)CCCOc4cc(C)c(S(=O)N[C@@H](CNC(=O)c5ccc6c(cnn6CCCNc6ncc[nH]6)c5)C(=O)O)c(C)c4)C(=O)N[C@@H](CSOOO)C(=O)NCCNC(=O)CCCOc4cc(C)c(S(=O)N[C@@H](CNC(=O)c5ccc6c(cnn6CCCNc6ncc[nH]6)c5)C(=O)O)c(C)c4)CCN(CC2)CC(=O)[O][In]([O]1)[O]C(=O)C3. The number of H-pyrrole nitrogens is 2. The van der Waals surface area contributed by atoms with Gasteiger partial charge in [-0.05, 0) is 136 Å². The van der Waals surface area contributed by atoms with E-state index in [9.17, 15) is 81.0 Å². The summed E-state index contributed by atoms with van der Waals surface area (Å²) in [6, 6.07) is 8.83. The van der Waals surface area contributed by atoms with Crippen LogP contribution < -0.4 is 77.4 Å². The summed E-state index contributed by atoms with van der Waals surface area (Å²) in [6.45, 7) is 13.5. The molecule has 3 saturated heterocycles. The first kappa shape index (κ1) is 116. The molecule has 4 aromatic heterocycles. The van der Waals surface area contributed by atoms with Crippen LogP contribution in [0.4, 0.5) is 11.9 Å². The van der Waals surface area contributed by atoms with Gasteiger partial charge in [-0.3, -0.25) is 57.3 Å². The molecule has 11 rings (SSSR count). The quantitative estimate of drug-likeness (QED) is 0.0101. The standard InChI is InChI=1S/C90H125N25O28S4.In/c1-56-40-65(41-57(2)80(56)146(136)108-68(87(130)131)48-101-82(125)61-12-15-72-63(44-61)46-103-114(72)28-8-18-95-89-97-24-25-98-89)138-38-6-10-74(117)91-20-22-93-84(127)70(54-144-142-140-134)106-76(119)17-14-67(105-77(120)51-111-32-36-112(52-78(121)122)34-30-110(50-60(5)116)31-35-113(37-33-111)53-79(123)124)86(129)107-71(55-145-143-141-135)85(128)94-23-21-92-75(118)11-7-39-139-66-42-58(3)81(59(4)43-66)147(137)109-69(88(132)133)49-102-83(126)62-13-16-73-64(45-62)47-104-115(73)29-9-19-96-90-99-26-27-100-90;/h12-13,15-16,24-27,40-47,67-71,108-109,116,134-135H,5-11,14,17-23,28-39,48-55H2,1-4H3,(H,91,117)(H,92,118)(H,93,127)(H,94,128)(H,101,125)(H,102,126)(H,105,120)(H,106,119)(H,107,129)(H,121,122)(H,123,124)(H,130,131)(H,132,133)(H2,95,97,98)(H2,96,99,100);/q;+3/p-3/t67-,68-,69-,70-,71-,146?,147?;/m0./s1. The first-order valence-corrected chi connectivity index (χ1v) is 55.5. The number of rotatable bonds is 59. The van der Waals surface area contributed by atoms with Gasteiger partial charge in [0.15, 0.2) is 11.9 Å². The number of fused-ring (bicyclic) bond motifs is 9. The van der Waals surface area contributed by atoms with Crippen molar-refractivity contribution in [1.82, 2.24) is 116 Å². The topological polar surface area (TPSA) is 682 Å². The Kier molecular flexibility index (Phi) is 47.1. The minimum absolute atomic E-state index is 0.0360. The molecule has 0 radical (unpaired) electrons. The molecular formula is C90H122InN25O28S4. The second-order valence-corrected chi connectivity index (χ2v) is 41.8. The van der Waals surface area contributed by atoms with Gasteiger partial charge < -0.3 is 82.8 Å². The molecule has 9 atom stereocenters. The number of carboxylic acid groups (broad SMARTS) is 2. The second kappa shape index (κ2) is 60.2. The summed E-state index contributed by atoms with van der Waals surface area (Å²) in [4.78, 5) is 198. The van der Waals surface area contributed by atoms with Crippen molar-refractivity contribution in [3.63, 3.8) is 0 Å². The first-order valence-electron chi connectivity index (χ1n) is 47.4. The number of carboxylic acids is 2. The maximum absolute atomic E-state index is 14.7. The van der Waals surface area contributed by atoms with Gasteiger partial charge >= 0.3 is 210 Å².